The predicted molar refractivity (Wildman–Crippen MR) is 70.9 cm³/mol. The number of anilines is 1. The van der Waals surface area contributed by atoms with Crippen LogP contribution in [0.3, 0.4) is 0 Å². The van der Waals surface area contributed by atoms with Gasteiger partial charge in [-0.05, 0) is 19.1 Å². The van der Waals surface area contributed by atoms with Gasteiger partial charge in [-0.2, -0.15) is 0 Å². The number of nitrogens with one attached hydrogen (secondary N) is 3. The number of carbonyl (C=O) groups excluding carboxylic acids is 2. The molecule has 1 rings (SSSR count). The second-order valence-corrected chi connectivity index (χ2v) is 5.15. The van der Waals surface area contributed by atoms with Gasteiger partial charge in [0.25, 0.3) is 0 Å². The molecule has 0 atom stereocenters. The lowest BCUT2D eigenvalue weighted by molar-refractivity contribution is -0.129. The van der Waals surface area contributed by atoms with Gasteiger partial charge in [-0.3, -0.25) is 10.2 Å². The van der Waals surface area contributed by atoms with Crippen LogP contribution < -0.4 is 16.2 Å². The Morgan fingerprint density at radius 3 is 2.06 bits per heavy atom. The molecular weight excluding hydrogens is 230 g/mol. The molecule has 3 N–H and O–H groups in total. The minimum atomic E-state index is -0.545. The van der Waals surface area contributed by atoms with Gasteiger partial charge in [-0.15, -0.1) is 0 Å². The van der Waals surface area contributed by atoms with Crippen molar-refractivity contribution >= 4 is 17.6 Å². The lowest BCUT2D eigenvalue weighted by Crippen LogP contribution is -2.48. The van der Waals surface area contributed by atoms with E-state index in [-0.39, 0.29) is 5.91 Å². The van der Waals surface area contributed by atoms with Gasteiger partial charge < -0.3 is 5.32 Å². The summed E-state index contributed by atoms with van der Waals surface area (Å²) >= 11 is 0. The summed E-state index contributed by atoms with van der Waals surface area (Å²) < 4.78 is 0. The fourth-order valence-corrected chi connectivity index (χ4v) is 1.10. The Kier molecular flexibility index (Phi) is 4.31. The van der Waals surface area contributed by atoms with Crippen LogP contribution in [0.2, 0.25) is 0 Å². The van der Waals surface area contributed by atoms with Crippen LogP contribution in [0, 0.1) is 12.3 Å². The minimum absolute atomic E-state index is 0.249. The van der Waals surface area contributed by atoms with Crippen molar-refractivity contribution in [3.63, 3.8) is 0 Å². The van der Waals surface area contributed by atoms with Crippen molar-refractivity contribution in [2.24, 2.45) is 5.41 Å². The number of rotatable bonds is 1. The zero-order valence-electron chi connectivity index (χ0n) is 11.1. The molecule has 0 heterocycles. The second kappa shape index (κ2) is 5.53. The van der Waals surface area contributed by atoms with Gasteiger partial charge in [0.05, 0.1) is 0 Å². The van der Waals surface area contributed by atoms with Crippen LogP contribution >= 0.6 is 0 Å². The first-order chi connectivity index (χ1) is 8.29. The van der Waals surface area contributed by atoms with E-state index in [1.165, 1.54) is 0 Å². The summed E-state index contributed by atoms with van der Waals surface area (Å²) in [6.45, 7) is 7.26. The van der Waals surface area contributed by atoms with Crippen molar-refractivity contribution in [2.45, 2.75) is 27.7 Å². The van der Waals surface area contributed by atoms with Crippen molar-refractivity contribution in [2.75, 3.05) is 5.32 Å². The summed E-state index contributed by atoms with van der Waals surface area (Å²) in [7, 11) is 0. The fourth-order valence-electron chi connectivity index (χ4n) is 1.10. The van der Waals surface area contributed by atoms with E-state index < -0.39 is 11.4 Å². The number of amides is 3. The molecule has 0 spiro atoms. The third kappa shape index (κ3) is 4.45. The molecule has 3 amide bonds. The Labute approximate surface area is 107 Å². The highest BCUT2D eigenvalue weighted by atomic mass is 16.2. The van der Waals surface area contributed by atoms with E-state index in [1.54, 1.807) is 32.9 Å². The van der Waals surface area contributed by atoms with Gasteiger partial charge in [0, 0.05) is 11.1 Å². The van der Waals surface area contributed by atoms with E-state index >= 15 is 0 Å². The van der Waals surface area contributed by atoms with Crippen LogP contribution in [-0.4, -0.2) is 11.9 Å². The molecule has 18 heavy (non-hydrogen) atoms. The standard InChI is InChI=1S/C13H19N3O2/c1-9-5-7-10(8-6-9)14-12(18)16-15-11(17)13(2,3)4/h5-8H,1-4H3,(H,15,17)(H2,14,16,18). The van der Waals surface area contributed by atoms with E-state index in [0.717, 1.165) is 5.56 Å². The van der Waals surface area contributed by atoms with E-state index in [9.17, 15) is 9.59 Å². The van der Waals surface area contributed by atoms with Gasteiger partial charge in [0.2, 0.25) is 5.91 Å². The molecule has 5 nitrogen and oxygen atoms in total. The average Bonchev–Trinajstić information content (AvgIpc) is 2.28. The molecule has 0 unspecified atom stereocenters. The van der Waals surface area contributed by atoms with E-state index in [4.69, 9.17) is 0 Å². The third-order valence-electron chi connectivity index (χ3n) is 2.28. The highest BCUT2D eigenvalue weighted by molar-refractivity contribution is 5.91. The SMILES string of the molecule is Cc1ccc(NC(=O)NNC(=O)C(C)(C)C)cc1. The van der Waals surface area contributed by atoms with Crippen LogP contribution in [0.1, 0.15) is 26.3 Å². The summed E-state index contributed by atoms with van der Waals surface area (Å²) in [5, 5.41) is 2.61. The van der Waals surface area contributed by atoms with Crippen LogP contribution in [-0.2, 0) is 4.79 Å². The topological polar surface area (TPSA) is 70.2 Å². The lowest BCUT2D eigenvalue weighted by Gasteiger charge is -2.18. The maximum Gasteiger partial charge on any atom is 0.337 e. The zero-order valence-corrected chi connectivity index (χ0v) is 11.1. The number of urea groups is 1. The van der Waals surface area contributed by atoms with Crippen LogP contribution in [0.4, 0.5) is 10.5 Å². The molecule has 5 heteroatoms. The zero-order chi connectivity index (χ0) is 13.8. The first-order valence-corrected chi connectivity index (χ1v) is 5.73. The Morgan fingerprint density at radius 1 is 1.00 bits per heavy atom. The van der Waals surface area contributed by atoms with Crippen molar-refractivity contribution in [1.29, 1.82) is 0 Å². The highest BCUT2D eigenvalue weighted by Gasteiger charge is 2.21. The van der Waals surface area contributed by atoms with Crippen LogP contribution in [0.25, 0.3) is 0 Å². The third-order valence-corrected chi connectivity index (χ3v) is 2.28. The van der Waals surface area contributed by atoms with Gasteiger partial charge in [-0.25, -0.2) is 10.2 Å². The molecule has 98 valence electrons. The molecule has 1 aromatic rings. The molecule has 1 aromatic carbocycles. The Bertz CT molecular complexity index is 433. The van der Waals surface area contributed by atoms with Gasteiger partial charge in [0.1, 0.15) is 0 Å². The monoisotopic (exact) mass is 249 g/mol. The van der Waals surface area contributed by atoms with Crippen molar-refractivity contribution in [3.05, 3.63) is 29.8 Å². The molecule has 0 bridgehead atoms. The minimum Gasteiger partial charge on any atom is -0.307 e. The number of aryl methyl sites for hydroxylation is 1. The fraction of sp³-hybridized carbons (Fsp3) is 0.385. The summed E-state index contributed by atoms with van der Waals surface area (Å²) in [5.74, 6) is -0.249. The summed E-state index contributed by atoms with van der Waals surface area (Å²) in [6, 6.07) is 6.89. The molecule has 0 aliphatic heterocycles. The second-order valence-electron chi connectivity index (χ2n) is 5.15. The summed E-state index contributed by atoms with van der Waals surface area (Å²) in [6.07, 6.45) is 0. The Balaban J connectivity index is 2.43. The Hall–Kier alpha value is -2.04. The average molecular weight is 249 g/mol. The maximum atomic E-state index is 11.5. The van der Waals surface area contributed by atoms with Crippen molar-refractivity contribution in [1.82, 2.24) is 10.9 Å². The van der Waals surface area contributed by atoms with Crippen LogP contribution in [0.5, 0.6) is 0 Å². The molecule has 0 fully saturated rings. The number of carbonyl (C=O) groups is 2. The number of hydrazine groups is 1. The van der Waals surface area contributed by atoms with Crippen LogP contribution in [0.15, 0.2) is 24.3 Å². The maximum absolute atomic E-state index is 11.5. The largest absolute Gasteiger partial charge is 0.337 e. The smallest absolute Gasteiger partial charge is 0.307 e. The quantitative estimate of drug-likeness (QED) is 0.668. The van der Waals surface area contributed by atoms with Gasteiger partial charge >= 0.3 is 6.03 Å². The first kappa shape index (κ1) is 14.0. The number of benzene rings is 1. The normalized spacial score (nSPS) is 10.7. The number of hydrogen-bond donors (Lipinski definition) is 3. The van der Waals surface area contributed by atoms with Crippen molar-refractivity contribution < 1.29 is 9.59 Å². The van der Waals surface area contributed by atoms with E-state index in [1.807, 2.05) is 19.1 Å². The molecule has 0 saturated heterocycles. The first-order valence-electron chi connectivity index (χ1n) is 5.73. The molecule has 0 radical (unpaired) electrons. The Morgan fingerprint density at radius 2 is 1.56 bits per heavy atom. The summed E-state index contributed by atoms with van der Waals surface area (Å²) in [5.41, 5.74) is 5.89. The van der Waals surface area contributed by atoms with E-state index in [2.05, 4.69) is 16.2 Å². The highest BCUT2D eigenvalue weighted by Crippen LogP contribution is 2.11. The predicted octanol–water partition coefficient (Wildman–Crippen LogP) is 2.19. The molecular formula is C13H19N3O2. The lowest BCUT2D eigenvalue weighted by atomic mass is 9.96. The summed E-state index contributed by atoms with van der Waals surface area (Å²) in [4.78, 5) is 23.0. The number of hydrogen-bond acceptors (Lipinski definition) is 2. The van der Waals surface area contributed by atoms with Gasteiger partial charge in [-0.1, -0.05) is 38.5 Å². The molecule has 0 saturated carbocycles. The van der Waals surface area contributed by atoms with Crippen molar-refractivity contribution in [3.8, 4) is 0 Å². The van der Waals surface area contributed by atoms with E-state index in [0.29, 0.717) is 5.69 Å². The molecule has 0 aromatic heterocycles. The van der Waals surface area contributed by atoms with Gasteiger partial charge in [0.15, 0.2) is 0 Å². The molecule has 0 aliphatic carbocycles. The molecule has 0 aliphatic rings.